The maximum Gasteiger partial charge on any atom is 0.321 e. The Balaban J connectivity index is 0.000000471. The van der Waals surface area contributed by atoms with Crippen molar-refractivity contribution in [1.82, 2.24) is 5.32 Å². The molecule has 21 heavy (non-hydrogen) atoms. The van der Waals surface area contributed by atoms with Crippen LogP contribution in [-0.2, 0) is 19.2 Å². The third-order valence-corrected chi connectivity index (χ3v) is 4.32. The lowest BCUT2D eigenvalue weighted by Crippen LogP contribution is -2.33. The van der Waals surface area contributed by atoms with Gasteiger partial charge in [0.2, 0.25) is 0 Å². The largest absolute Gasteiger partial charge is 0.480 e. The van der Waals surface area contributed by atoms with Crippen LogP contribution < -0.4 is 16.8 Å². The first-order valence-electron chi connectivity index (χ1n) is 5.48. The highest BCUT2D eigenvalue weighted by molar-refractivity contribution is 8.76. The maximum absolute atomic E-state index is 10.3. The molecule has 1 aliphatic rings. The molecule has 7 N–H and O–H groups in total. The Kier molecular flexibility index (Phi) is 9.45. The Morgan fingerprint density at radius 2 is 1.33 bits per heavy atom. The van der Waals surface area contributed by atoms with E-state index in [9.17, 15) is 19.2 Å². The number of carboxylic acid groups (broad SMARTS) is 2. The first-order chi connectivity index (χ1) is 9.73. The van der Waals surface area contributed by atoms with Crippen molar-refractivity contribution >= 4 is 45.3 Å². The van der Waals surface area contributed by atoms with Gasteiger partial charge in [0.15, 0.2) is 0 Å². The average molecular weight is 337 g/mol. The normalized spacial score (nSPS) is 15.7. The summed E-state index contributed by atoms with van der Waals surface area (Å²) >= 11 is 0. The number of carbonyl (C=O) groups excluding carboxylic acids is 2. The van der Waals surface area contributed by atoms with E-state index < -0.39 is 24.0 Å². The van der Waals surface area contributed by atoms with Crippen molar-refractivity contribution in [3.05, 3.63) is 12.2 Å². The quantitative estimate of drug-likeness (QED) is 0.206. The van der Waals surface area contributed by atoms with E-state index >= 15 is 0 Å². The number of imide groups is 1. The van der Waals surface area contributed by atoms with Gasteiger partial charge in [-0.05, 0) is 0 Å². The molecule has 0 saturated heterocycles. The minimum absolute atomic E-state index is 0.229. The predicted molar refractivity (Wildman–Crippen MR) is 78.4 cm³/mol. The zero-order valence-corrected chi connectivity index (χ0v) is 12.4. The van der Waals surface area contributed by atoms with Crippen LogP contribution in [0.1, 0.15) is 0 Å². The number of rotatable bonds is 7. The number of nitrogens with one attached hydrogen (secondary N) is 1. The van der Waals surface area contributed by atoms with Gasteiger partial charge in [-0.2, -0.15) is 0 Å². The highest BCUT2D eigenvalue weighted by atomic mass is 33.1. The Morgan fingerprint density at radius 3 is 1.52 bits per heavy atom. The van der Waals surface area contributed by atoms with Crippen molar-refractivity contribution in [2.24, 2.45) is 11.5 Å². The highest BCUT2D eigenvalue weighted by Gasteiger charge is 2.14. The summed E-state index contributed by atoms with van der Waals surface area (Å²) in [4.78, 5) is 40.6. The van der Waals surface area contributed by atoms with Crippen LogP contribution >= 0.6 is 21.6 Å². The molecule has 0 aromatic rings. The minimum Gasteiger partial charge on any atom is -0.480 e. The maximum atomic E-state index is 10.3. The van der Waals surface area contributed by atoms with Crippen LogP contribution in [-0.4, -0.2) is 57.6 Å². The van der Waals surface area contributed by atoms with Gasteiger partial charge in [-0.15, -0.1) is 0 Å². The fraction of sp³-hybridized carbons (Fsp3) is 0.400. The number of carboxylic acids is 2. The zero-order valence-electron chi connectivity index (χ0n) is 10.7. The van der Waals surface area contributed by atoms with E-state index in [1.165, 1.54) is 33.7 Å². The number of amides is 2. The molecule has 11 heteroatoms. The zero-order chi connectivity index (χ0) is 16.4. The molecule has 0 aromatic carbocycles. The second-order valence-corrected chi connectivity index (χ2v) is 6.20. The molecule has 2 amide bonds. The minimum atomic E-state index is -1.07. The van der Waals surface area contributed by atoms with Gasteiger partial charge in [-0.25, -0.2) is 0 Å². The smallest absolute Gasteiger partial charge is 0.321 e. The second-order valence-electron chi connectivity index (χ2n) is 3.65. The van der Waals surface area contributed by atoms with E-state index in [4.69, 9.17) is 21.7 Å². The Bertz CT molecular complexity index is 405. The van der Waals surface area contributed by atoms with Crippen molar-refractivity contribution in [2.75, 3.05) is 11.5 Å². The van der Waals surface area contributed by atoms with Gasteiger partial charge in [-0.3, -0.25) is 24.5 Å². The summed E-state index contributed by atoms with van der Waals surface area (Å²) in [5, 5.41) is 18.9. The van der Waals surface area contributed by atoms with Gasteiger partial charge in [-0.1, -0.05) is 21.6 Å². The van der Waals surface area contributed by atoms with E-state index in [0.29, 0.717) is 0 Å². The molecule has 0 aliphatic carbocycles. The van der Waals surface area contributed by atoms with E-state index in [1.807, 2.05) is 5.32 Å². The van der Waals surface area contributed by atoms with Crippen LogP contribution in [0.2, 0.25) is 0 Å². The summed E-state index contributed by atoms with van der Waals surface area (Å²) in [6.45, 7) is 0. The molecule has 1 heterocycles. The van der Waals surface area contributed by atoms with E-state index in [2.05, 4.69) is 0 Å². The SMILES string of the molecule is NC(CSSCC(N)C(=O)O)C(=O)O.O=C1C=CC(=O)N1. The van der Waals surface area contributed by atoms with Crippen molar-refractivity contribution < 1.29 is 29.4 Å². The first-order valence-corrected chi connectivity index (χ1v) is 7.97. The van der Waals surface area contributed by atoms with Crippen LogP contribution in [0, 0.1) is 0 Å². The van der Waals surface area contributed by atoms with Crippen LogP contribution in [0.4, 0.5) is 0 Å². The van der Waals surface area contributed by atoms with Crippen LogP contribution in [0.25, 0.3) is 0 Å². The van der Waals surface area contributed by atoms with Crippen LogP contribution in [0.3, 0.4) is 0 Å². The number of carbonyl (C=O) groups is 4. The van der Waals surface area contributed by atoms with Crippen molar-refractivity contribution in [2.45, 2.75) is 12.1 Å². The summed E-state index contributed by atoms with van der Waals surface area (Å²) in [6.07, 6.45) is 2.39. The highest BCUT2D eigenvalue weighted by Crippen LogP contribution is 2.22. The fourth-order valence-electron chi connectivity index (χ4n) is 0.742. The van der Waals surface area contributed by atoms with Crippen LogP contribution in [0.5, 0.6) is 0 Å². The number of hydrogen-bond donors (Lipinski definition) is 5. The third-order valence-electron chi connectivity index (χ3n) is 1.85. The molecule has 0 aromatic heterocycles. The second kappa shape index (κ2) is 10.2. The molecule has 1 aliphatic heterocycles. The molecule has 0 bridgehead atoms. The fourth-order valence-corrected chi connectivity index (χ4v) is 2.97. The van der Waals surface area contributed by atoms with E-state index in [1.54, 1.807) is 0 Å². The molecule has 0 saturated carbocycles. The number of hydrogen-bond acceptors (Lipinski definition) is 8. The van der Waals surface area contributed by atoms with Gasteiger partial charge < -0.3 is 21.7 Å². The Hall–Kier alpha value is -1.56. The molecule has 9 nitrogen and oxygen atoms in total. The lowest BCUT2D eigenvalue weighted by Gasteiger charge is -2.07. The van der Waals surface area contributed by atoms with E-state index in [-0.39, 0.29) is 23.3 Å². The van der Waals surface area contributed by atoms with Gasteiger partial charge >= 0.3 is 11.9 Å². The summed E-state index contributed by atoms with van der Waals surface area (Å²) in [5.41, 5.74) is 10.4. The van der Waals surface area contributed by atoms with Crippen molar-refractivity contribution in [1.29, 1.82) is 0 Å². The third kappa shape index (κ3) is 9.90. The summed E-state index contributed by atoms with van der Waals surface area (Å²) < 4.78 is 0. The lowest BCUT2D eigenvalue weighted by atomic mass is 10.4. The summed E-state index contributed by atoms with van der Waals surface area (Å²) in [6, 6.07) is -1.85. The van der Waals surface area contributed by atoms with Crippen molar-refractivity contribution in [3.8, 4) is 0 Å². The molecule has 0 spiro atoms. The van der Waals surface area contributed by atoms with Crippen molar-refractivity contribution in [3.63, 3.8) is 0 Å². The molecule has 0 radical (unpaired) electrons. The summed E-state index contributed by atoms with van der Waals surface area (Å²) in [7, 11) is 2.41. The first kappa shape index (κ1) is 19.4. The Labute approximate surface area is 127 Å². The topological polar surface area (TPSA) is 173 Å². The molecule has 0 fully saturated rings. The lowest BCUT2D eigenvalue weighted by molar-refractivity contribution is -0.138. The van der Waals surface area contributed by atoms with Gasteiger partial charge in [0.05, 0.1) is 0 Å². The molecule has 1 rings (SSSR count). The van der Waals surface area contributed by atoms with Crippen LogP contribution in [0.15, 0.2) is 12.2 Å². The molecular weight excluding hydrogens is 322 g/mol. The number of aliphatic carboxylic acids is 2. The average Bonchev–Trinajstić information content (AvgIpc) is 2.78. The summed E-state index contributed by atoms with van der Waals surface area (Å²) in [5.74, 6) is -2.34. The number of nitrogens with two attached hydrogens (primary N) is 2. The molecule has 118 valence electrons. The molecule has 2 atom stereocenters. The molecular formula is C10H15N3O6S2. The van der Waals surface area contributed by atoms with Gasteiger partial charge in [0.1, 0.15) is 12.1 Å². The molecule has 2 unspecified atom stereocenters. The standard InChI is InChI=1S/C6H12N2O4S2.C4H3NO2/c7-3(5(9)10)1-13-14-2-4(8)6(11)12;6-3-1-2-4(7)5-3/h3-4H,1-2,7-8H2,(H,9,10)(H,11,12);1-2H,(H,5,6,7). The van der Waals surface area contributed by atoms with Gasteiger partial charge in [0, 0.05) is 23.7 Å². The van der Waals surface area contributed by atoms with Gasteiger partial charge in [0.25, 0.3) is 11.8 Å². The monoisotopic (exact) mass is 337 g/mol. The predicted octanol–water partition coefficient (Wildman–Crippen LogP) is -1.61. The Morgan fingerprint density at radius 1 is 1.00 bits per heavy atom. The van der Waals surface area contributed by atoms with E-state index in [0.717, 1.165) is 0 Å².